The number of nitrogen functional groups attached to an aromatic ring is 1. The SMILES string of the molecule is COc1cccc2c1nc(N)n2C1CCSC1. The van der Waals surface area contributed by atoms with E-state index in [0.29, 0.717) is 12.0 Å². The highest BCUT2D eigenvalue weighted by Crippen LogP contribution is 2.35. The van der Waals surface area contributed by atoms with Crippen LogP contribution in [0.3, 0.4) is 0 Å². The minimum atomic E-state index is 0.470. The zero-order chi connectivity index (χ0) is 11.8. The van der Waals surface area contributed by atoms with E-state index in [-0.39, 0.29) is 0 Å². The summed E-state index contributed by atoms with van der Waals surface area (Å²) in [6, 6.07) is 6.44. The second-order valence-corrected chi connectivity index (χ2v) is 5.34. The number of para-hydroxylation sites is 1. The van der Waals surface area contributed by atoms with Crippen molar-refractivity contribution in [1.82, 2.24) is 9.55 Å². The predicted molar refractivity (Wildman–Crippen MR) is 71.7 cm³/mol. The van der Waals surface area contributed by atoms with E-state index in [2.05, 4.69) is 15.6 Å². The molecule has 0 amide bonds. The topological polar surface area (TPSA) is 53.1 Å². The zero-order valence-corrected chi connectivity index (χ0v) is 10.5. The molecule has 2 heterocycles. The number of anilines is 1. The average Bonchev–Trinajstić information content (AvgIpc) is 2.93. The van der Waals surface area contributed by atoms with Crippen molar-refractivity contribution in [2.45, 2.75) is 12.5 Å². The van der Waals surface area contributed by atoms with E-state index in [0.717, 1.165) is 29.0 Å². The van der Waals surface area contributed by atoms with Crippen LogP contribution in [0.5, 0.6) is 5.75 Å². The maximum Gasteiger partial charge on any atom is 0.201 e. The van der Waals surface area contributed by atoms with Crippen LogP contribution in [0, 0.1) is 0 Å². The second kappa shape index (κ2) is 4.14. The van der Waals surface area contributed by atoms with E-state index in [4.69, 9.17) is 10.5 Å². The van der Waals surface area contributed by atoms with E-state index >= 15 is 0 Å². The first-order valence-electron chi connectivity index (χ1n) is 5.69. The van der Waals surface area contributed by atoms with Gasteiger partial charge >= 0.3 is 0 Å². The normalized spacial score (nSPS) is 19.9. The van der Waals surface area contributed by atoms with Gasteiger partial charge in [-0.15, -0.1) is 0 Å². The monoisotopic (exact) mass is 249 g/mol. The van der Waals surface area contributed by atoms with Crippen molar-refractivity contribution in [2.75, 3.05) is 24.3 Å². The quantitative estimate of drug-likeness (QED) is 0.887. The van der Waals surface area contributed by atoms with Gasteiger partial charge in [-0.1, -0.05) is 6.07 Å². The van der Waals surface area contributed by atoms with E-state index in [1.54, 1.807) is 7.11 Å². The molecule has 1 unspecified atom stereocenters. The Hall–Kier alpha value is -1.36. The molecule has 1 aromatic heterocycles. The van der Waals surface area contributed by atoms with Crippen LogP contribution < -0.4 is 10.5 Å². The van der Waals surface area contributed by atoms with Crippen LogP contribution in [0.25, 0.3) is 11.0 Å². The molecule has 90 valence electrons. The maximum absolute atomic E-state index is 6.04. The number of hydrogen-bond acceptors (Lipinski definition) is 4. The molecule has 0 aliphatic carbocycles. The molecule has 0 radical (unpaired) electrons. The van der Waals surface area contributed by atoms with Crippen LogP contribution >= 0.6 is 11.8 Å². The predicted octanol–water partition coefficient (Wildman–Crippen LogP) is 2.31. The van der Waals surface area contributed by atoms with E-state index in [9.17, 15) is 0 Å². The minimum absolute atomic E-state index is 0.470. The van der Waals surface area contributed by atoms with Crippen molar-refractivity contribution in [3.8, 4) is 5.75 Å². The summed E-state index contributed by atoms with van der Waals surface area (Å²) in [4.78, 5) is 4.43. The number of imidazole rings is 1. The molecule has 5 heteroatoms. The molecule has 0 bridgehead atoms. The molecule has 1 aromatic carbocycles. The van der Waals surface area contributed by atoms with Gasteiger partial charge in [0.1, 0.15) is 11.3 Å². The lowest BCUT2D eigenvalue weighted by Crippen LogP contribution is -2.10. The van der Waals surface area contributed by atoms with Gasteiger partial charge in [0.25, 0.3) is 0 Å². The summed E-state index contributed by atoms with van der Waals surface area (Å²) in [5.41, 5.74) is 7.99. The Morgan fingerprint density at radius 1 is 1.53 bits per heavy atom. The number of thioether (sulfide) groups is 1. The van der Waals surface area contributed by atoms with Crippen molar-refractivity contribution >= 4 is 28.7 Å². The zero-order valence-electron chi connectivity index (χ0n) is 9.72. The van der Waals surface area contributed by atoms with E-state index < -0.39 is 0 Å². The fourth-order valence-electron chi connectivity index (χ4n) is 2.38. The first-order valence-corrected chi connectivity index (χ1v) is 6.85. The summed E-state index contributed by atoms with van der Waals surface area (Å²) in [7, 11) is 1.66. The molecule has 0 saturated carbocycles. The first kappa shape index (κ1) is 10.8. The number of nitrogens with two attached hydrogens (primary N) is 1. The number of aromatic nitrogens is 2. The number of methoxy groups -OCH3 is 1. The Balaban J connectivity index is 2.20. The van der Waals surface area contributed by atoms with Crippen LogP contribution in [0.1, 0.15) is 12.5 Å². The third kappa shape index (κ3) is 1.65. The molecule has 2 N–H and O–H groups in total. The second-order valence-electron chi connectivity index (χ2n) is 4.19. The number of nitrogens with zero attached hydrogens (tertiary/aromatic N) is 2. The van der Waals surface area contributed by atoms with Gasteiger partial charge in [-0.3, -0.25) is 0 Å². The lowest BCUT2D eigenvalue weighted by molar-refractivity contribution is 0.419. The number of benzene rings is 1. The average molecular weight is 249 g/mol. The Morgan fingerprint density at radius 2 is 2.41 bits per heavy atom. The van der Waals surface area contributed by atoms with Crippen LogP contribution in [0.15, 0.2) is 18.2 Å². The highest BCUT2D eigenvalue weighted by molar-refractivity contribution is 7.99. The van der Waals surface area contributed by atoms with Gasteiger partial charge in [-0.2, -0.15) is 11.8 Å². The van der Waals surface area contributed by atoms with Crippen molar-refractivity contribution in [1.29, 1.82) is 0 Å². The van der Waals surface area contributed by atoms with Crippen molar-refractivity contribution in [3.63, 3.8) is 0 Å². The van der Waals surface area contributed by atoms with Gasteiger partial charge in [0.15, 0.2) is 0 Å². The molecule has 1 atom stereocenters. The van der Waals surface area contributed by atoms with E-state index in [1.807, 2.05) is 23.9 Å². The Bertz CT molecular complexity index is 546. The summed E-state index contributed by atoms with van der Waals surface area (Å²) in [5, 5.41) is 0. The molecule has 17 heavy (non-hydrogen) atoms. The van der Waals surface area contributed by atoms with Gasteiger partial charge < -0.3 is 15.0 Å². The van der Waals surface area contributed by atoms with Gasteiger partial charge in [-0.05, 0) is 24.3 Å². The van der Waals surface area contributed by atoms with Crippen molar-refractivity contribution < 1.29 is 4.74 Å². The fourth-order valence-corrected chi connectivity index (χ4v) is 3.58. The summed E-state index contributed by atoms with van der Waals surface area (Å²) in [5.74, 6) is 3.70. The van der Waals surface area contributed by atoms with Crippen LogP contribution in [0.4, 0.5) is 5.95 Å². The van der Waals surface area contributed by atoms with Crippen molar-refractivity contribution in [2.24, 2.45) is 0 Å². The third-order valence-corrected chi connectivity index (χ3v) is 4.35. The van der Waals surface area contributed by atoms with Crippen LogP contribution in [-0.2, 0) is 0 Å². The van der Waals surface area contributed by atoms with Crippen LogP contribution in [0.2, 0.25) is 0 Å². The first-order chi connectivity index (χ1) is 8.31. The molecular weight excluding hydrogens is 234 g/mol. The molecule has 0 spiro atoms. The number of ether oxygens (including phenoxy) is 1. The van der Waals surface area contributed by atoms with Gasteiger partial charge in [0.2, 0.25) is 5.95 Å². The number of fused-ring (bicyclic) bond motifs is 1. The number of hydrogen-bond donors (Lipinski definition) is 1. The fraction of sp³-hybridized carbons (Fsp3) is 0.417. The third-order valence-electron chi connectivity index (χ3n) is 3.20. The number of rotatable bonds is 2. The molecular formula is C12H15N3OS. The summed E-state index contributed by atoms with van der Waals surface area (Å²) in [6.45, 7) is 0. The van der Waals surface area contributed by atoms with Crippen molar-refractivity contribution in [3.05, 3.63) is 18.2 Å². The highest BCUT2D eigenvalue weighted by Gasteiger charge is 2.22. The Kier molecular flexibility index (Phi) is 2.63. The highest BCUT2D eigenvalue weighted by atomic mass is 32.2. The Morgan fingerprint density at radius 3 is 3.12 bits per heavy atom. The summed E-state index contributed by atoms with van der Waals surface area (Å²) in [6.07, 6.45) is 1.16. The summed E-state index contributed by atoms with van der Waals surface area (Å²) < 4.78 is 7.47. The van der Waals surface area contributed by atoms with Gasteiger partial charge in [-0.25, -0.2) is 4.98 Å². The molecule has 1 fully saturated rings. The smallest absolute Gasteiger partial charge is 0.201 e. The van der Waals surface area contributed by atoms with Gasteiger partial charge in [0.05, 0.1) is 12.6 Å². The molecule has 1 saturated heterocycles. The minimum Gasteiger partial charge on any atom is -0.494 e. The molecule has 1 aliphatic rings. The Labute approximate surface area is 104 Å². The van der Waals surface area contributed by atoms with Crippen LogP contribution in [-0.4, -0.2) is 28.2 Å². The lowest BCUT2D eigenvalue weighted by Gasteiger charge is -2.13. The maximum atomic E-state index is 6.04. The van der Waals surface area contributed by atoms with Gasteiger partial charge in [0, 0.05) is 11.8 Å². The molecule has 1 aliphatic heterocycles. The standard InChI is InChI=1S/C12H15N3OS/c1-16-10-4-2-3-9-11(10)14-12(13)15(9)8-5-6-17-7-8/h2-4,8H,5-7H2,1H3,(H2,13,14). The largest absolute Gasteiger partial charge is 0.494 e. The molecule has 2 aromatic rings. The van der Waals surface area contributed by atoms with E-state index in [1.165, 1.54) is 5.75 Å². The molecule has 4 nitrogen and oxygen atoms in total. The molecule has 3 rings (SSSR count). The lowest BCUT2D eigenvalue weighted by atomic mass is 10.2. The summed E-state index contributed by atoms with van der Waals surface area (Å²) >= 11 is 1.97.